The standard InChI is InChI=1S/C21H18N4O12S3.Cu/c1-11-8-13(39(30,31)32)10-17(19(11)26)23-25-20(15-4-2-3-5-18(15)40(33,34)35)24-22-16-9-12(38-37-36-29)6-7-14(16)21(27)28;/h2-10H,1H3,(H6,22,23,24,25,26,27,28,29,30,31,32,33,34,35);/q;+1/p-1. The van der Waals surface area contributed by atoms with Crippen molar-refractivity contribution in [2.24, 2.45) is 15.3 Å². The quantitative estimate of drug-likeness (QED) is 0.0290. The van der Waals surface area contributed by atoms with Crippen LogP contribution in [0, 0.1) is 6.92 Å². The largest absolute Gasteiger partial charge is 1.00 e. The van der Waals surface area contributed by atoms with Crippen molar-refractivity contribution in [2.45, 2.75) is 21.6 Å². The van der Waals surface area contributed by atoms with Gasteiger partial charge in [0.2, 0.25) is 0 Å². The smallest absolute Gasteiger partial charge is 0.571 e. The Labute approximate surface area is 246 Å². The number of carboxylic acids is 1. The molecule has 0 aliphatic heterocycles. The molecule has 41 heavy (non-hydrogen) atoms. The van der Waals surface area contributed by atoms with Crippen molar-refractivity contribution in [3.05, 3.63) is 76.7 Å². The molecule has 3 aromatic rings. The van der Waals surface area contributed by atoms with E-state index < -0.39 is 53.3 Å². The summed E-state index contributed by atoms with van der Waals surface area (Å²) < 4.78 is 70.5. The first kappa shape index (κ1) is 33.8. The molecule has 222 valence electrons. The van der Waals surface area contributed by atoms with Gasteiger partial charge in [0.1, 0.15) is 16.3 Å². The summed E-state index contributed by atoms with van der Waals surface area (Å²) in [5.41, 5.74) is 2.19. The summed E-state index contributed by atoms with van der Waals surface area (Å²) in [6, 6.07) is 10.1. The molecule has 0 aliphatic carbocycles. The monoisotopic (exact) mass is 676 g/mol. The van der Waals surface area contributed by atoms with Crippen LogP contribution in [0.5, 0.6) is 5.75 Å². The summed E-state index contributed by atoms with van der Waals surface area (Å²) in [5, 5.41) is 43.0. The topological polar surface area (TPSA) is 256 Å². The molecule has 0 unspecified atom stereocenters. The van der Waals surface area contributed by atoms with Crippen molar-refractivity contribution in [1.29, 1.82) is 0 Å². The molecule has 16 nitrogen and oxygen atoms in total. The van der Waals surface area contributed by atoms with Crippen LogP contribution < -0.4 is 0 Å². The normalized spacial score (nSPS) is 12.2. The van der Waals surface area contributed by atoms with Crippen molar-refractivity contribution >= 4 is 55.5 Å². The van der Waals surface area contributed by atoms with Gasteiger partial charge in [0.15, 0.2) is 5.84 Å². The first-order valence-electron chi connectivity index (χ1n) is 10.3. The number of rotatable bonds is 10. The number of carbonyl (C=O) groups is 1. The molecule has 5 N–H and O–H groups in total. The van der Waals surface area contributed by atoms with Crippen LogP contribution in [0.3, 0.4) is 0 Å². The zero-order valence-electron chi connectivity index (χ0n) is 20.1. The Balaban J connectivity index is 0.00000588. The van der Waals surface area contributed by atoms with E-state index in [2.05, 4.69) is 30.1 Å². The minimum Gasteiger partial charge on any atom is -0.571 e. The number of aromatic carboxylic acids is 1. The second kappa shape index (κ2) is 14.0. The third kappa shape index (κ3) is 8.78. The van der Waals surface area contributed by atoms with Crippen LogP contribution in [0.4, 0.5) is 11.4 Å². The molecule has 3 rings (SSSR count). The molecule has 0 heterocycles. The Morgan fingerprint density at radius 1 is 0.976 bits per heavy atom. The van der Waals surface area contributed by atoms with Crippen LogP contribution in [0.15, 0.2) is 84.6 Å². The number of phenolic OH excluding ortho intramolecular Hbond substituents is 1. The van der Waals surface area contributed by atoms with Gasteiger partial charge in [0, 0.05) is 10.5 Å². The fourth-order valence-electron chi connectivity index (χ4n) is 3.04. The Kier molecular flexibility index (Phi) is 11.5. The number of carboxylic acid groups (broad SMARTS) is 1. The number of azo groups is 1. The number of amidine groups is 1. The molecular weight excluding hydrogens is 660 g/mol. The maximum Gasteiger partial charge on any atom is 1.00 e. The van der Waals surface area contributed by atoms with Crippen LogP contribution in [0.2, 0.25) is 0 Å². The summed E-state index contributed by atoms with van der Waals surface area (Å²) in [6.07, 6.45) is 0. The van der Waals surface area contributed by atoms with E-state index in [4.69, 9.17) is 5.26 Å². The van der Waals surface area contributed by atoms with Gasteiger partial charge >= 0.3 is 23.0 Å². The fraction of sp³-hybridized carbons (Fsp3) is 0.0476. The Hall–Kier alpha value is -3.43. The molecule has 0 amide bonds. The van der Waals surface area contributed by atoms with Crippen LogP contribution >= 0.6 is 12.0 Å². The number of benzene rings is 3. The van der Waals surface area contributed by atoms with E-state index in [1.54, 1.807) is 0 Å². The molecule has 0 aliphatic rings. The van der Waals surface area contributed by atoms with Crippen molar-refractivity contribution in [1.82, 2.24) is 0 Å². The number of phenols is 1. The minimum atomic E-state index is -4.86. The van der Waals surface area contributed by atoms with Gasteiger partial charge < -0.3 is 20.7 Å². The molecule has 0 saturated carbocycles. The number of hydrogen-bond acceptors (Lipinski definition) is 12. The second-order valence-electron chi connectivity index (χ2n) is 7.49. The Morgan fingerprint density at radius 3 is 2.27 bits per heavy atom. The molecule has 0 aromatic heterocycles. The summed E-state index contributed by atoms with van der Waals surface area (Å²) >= 11 is 0.480. The summed E-state index contributed by atoms with van der Waals surface area (Å²) in [5.74, 6) is -2.60. The van der Waals surface area contributed by atoms with Crippen molar-refractivity contribution in [3.63, 3.8) is 0 Å². The Bertz CT molecular complexity index is 1730. The van der Waals surface area contributed by atoms with Crippen molar-refractivity contribution in [3.8, 4) is 5.75 Å². The summed E-state index contributed by atoms with van der Waals surface area (Å²) in [7, 11) is -9.58. The third-order valence-electron chi connectivity index (χ3n) is 4.82. The fourth-order valence-corrected chi connectivity index (χ4v) is 4.71. The van der Waals surface area contributed by atoms with Crippen LogP contribution in [0.25, 0.3) is 5.43 Å². The molecule has 0 saturated heterocycles. The van der Waals surface area contributed by atoms with Gasteiger partial charge in [-0.15, -0.1) is 14.6 Å². The first-order valence-corrected chi connectivity index (χ1v) is 13.9. The molecule has 0 spiro atoms. The van der Waals surface area contributed by atoms with Gasteiger partial charge in [-0.2, -0.15) is 16.8 Å². The zero-order valence-corrected chi connectivity index (χ0v) is 23.5. The van der Waals surface area contributed by atoms with Crippen molar-refractivity contribution < 1.29 is 72.6 Å². The van der Waals surface area contributed by atoms with E-state index in [-0.39, 0.29) is 44.3 Å². The van der Waals surface area contributed by atoms with E-state index in [1.807, 2.05) is 0 Å². The van der Waals surface area contributed by atoms with Gasteiger partial charge in [-0.25, -0.2) is 10.1 Å². The van der Waals surface area contributed by atoms with Gasteiger partial charge in [0.05, 0.1) is 22.5 Å². The van der Waals surface area contributed by atoms with E-state index in [1.165, 1.54) is 25.1 Å². The maximum absolute atomic E-state index is 12.0. The van der Waals surface area contributed by atoms with E-state index in [0.29, 0.717) is 12.0 Å². The van der Waals surface area contributed by atoms with Crippen LogP contribution in [0.1, 0.15) is 21.5 Å². The van der Waals surface area contributed by atoms with Crippen molar-refractivity contribution in [2.75, 3.05) is 0 Å². The zero-order chi connectivity index (χ0) is 29.7. The summed E-state index contributed by atoms with van der Waals surface area (Å²) in [6.45, 7) is 1.31. The van der Waals surface area contributed by atoms with Crippen LogP contribution in [-0.4, -0.2) is 53.2 Å². The van der Waals surface area contributed by atoms with E-state index in [0.717, 1.165) is 36.4 Å². The van der Waals surface area contributed by atoms with Gasteiger partial charge in [-0.3, -0.25) is 9.11 Å². The predicted octanol–water partition coefficient (Wildman–Crippen LogP) is 4.47. The third-order valence-corrected chi connectivity index (χ3v) is 7.14. The van der Waals surface area contributed by atoms with Gasteiger partial charge in [-0.1, -0.05) is 28.9 Å². The van der Waals surface area contributed by atoms with E-state index in [9.17, 15) is 40.9 Å². The summed E-state index contributed by atoms with van der Waals surface area (Å²) in [4.78, 5) is 10.5. The Morgan fingerprint density at radius 2 is 1.66 bits per heavy atom. The predicted molar refractivity (Wildman–Crippen MR) is 137 cm³/mol. The minimum absolute atomic E-state index is 0. The molecule has 20 heteroatoms. The maximum atomic E-state index is 12.0. The molecule has 0 radical (unpaired) electrons. The van der Waals surface area contributed by atoms with Crippen LogP contribution in [-0.2, 0) is 46.7 Å². The molecule has 0 atom stereocenters. The average molecular weight is 677 g/mol. The molecule has 0 fully saturated rings. The first-order chi connectivity index (χ1) is 18.7. The molecular formula is C21H17CuN4O12S3. The number of hydrogen-bond donors (Lipinski definition) is 5. The number of nitrogens with zero attached hydrogens (tertiary/aromatic N) is 4. The number of aryl methyl sites for hydroxylation is 1. The van der Waals surface area contributed by atoms with Gasteiger partial charge in [-0.05, 0) is 48.9 Å². The average Bonchev–Trinajstić information content (AvgIpc) is 2.88. The second-order valence-corrected chi connectivity index (χ2v) is 11.1. The SMILES string of the molecule is Cc1cc(S(=O)(=O)O)cc([N-]N=C(N=Nc2cc(SOOO)ccc2C(=O)O)c2ccccc2S(=O)(=O)O)c1O.[Cu+]. The number of aromatic hydroxyl groups is 1. The van der Waals surface area contributed by atoms with E-state index >= 15 is 0 Å². The van der Waals surface area contributed by atoms with Gasteiger partial charge in [0.25, 0.3) is 20.2 Å². The molecule has 3 aromatic carbocycles. The molecule has 0 bridgehead atoms.